The second kappa shape index (κ2) is 9.39. The number of hydrogen-bond acceptors (Lipinski definition) is 8. The fraction of sp³-hybridized carbons (Fsp3) is 0.227. The molecular weight excluding hydrogens is 432 g/mol. The lowest BCUT2D eigenvalue weighted by Crippen LogP contribution is -2.37. The van der Waals surface area contributed by atoms with Crippen molar-refractivity contribution in [1.82, 2.24) is 9.97 Å². The van der Waals surface area contributed by atoms with Crippen LogP contribution in [0.15, 0.2) is 41.2 Å². The Morgan fingerprint density at radius 2 is 1.88 bits per heavy atom. The highest BCUT2D eigenvalue weighted by molar-refractivity contribution is 6.44. The van der Waals surface area contributed by atoms with E-state index in [2.05, 4.69) is 20.0 Å². The number of non-ortho nitro benzene ring substituents is 1. The van der Waals surface area contributed by atoms with Gasteiger partial charge in [0.25, 0.3) is 17.2 Å². The number of esters is 1. The maximum Gasteiger partial charge on any atom is 0.317 e. The summed E-state index contributed by atoms with van der Waals surface area (Å²) in [6, 6.07) is 8.49. The number of anilines is 1. The van der Waals surface area contributed by atoms with Gasteiger partial charge in [-0.25, -0.2) is 4.98 Å². The molecular formula is C22H20N4O7. The Kier molecular flexibility index (Phi) is 6.61. The minimum atomic E-state index is -1.63. The molecule has 2 aromatic carbocycles. The molecule has 0 aliphatic heterocycles. The molecule has 0 unspecified atom stereocenters. The van der Waals surface area contributed by atoms with E-state index in [1.54, 1.807) is 12.1 Å². The van der Waals surface area contributed by atoms with Crippen molar-refractivity contribution in [2.75, 3.05) is 12.4 Å². The second-order valence-corrected chi connectivity index (χ2v) is 7.37. The molecule has 1 amide bonds. The number of nitro benzene ring substituents is 1. The van der Waals surface area contributed by atoms with Gasteiger partial charge in [-0.1, -0.05) is 6.07 Å². The molecule has 1 aromatic heterocycles. The molecule has 170 valence electrons. The third kappa shape index (κ3) is 5.09. The first-order valence-corrected chi connectivity index (χ1v) is 9.78. The van der Waals surface area contributed by atoms with E-state index >= 15 is 0 Å². The Morgan fingerprint density at radius 1 is 1.18 bits per heavy atom. The number of nitro groups is 1. The van der Waals surface area contributed by atoms with Gasteiger partial charge < -0.3 is 15.0 Å². The van der Waals surface area contributed by atoms with Gasteiger partial charge in [-0.3, -0.25) is 29.3 Å². The molecule has 3 aromatic rings. The zero-order chi connectivity index (χ0) is 24.3. The Bertz CT molecular complexity index is 1350. The van der Waals surface area contributed by atoms with E-state index in [4.69, 9.17) is 0 Å². The molecule has 11 nitrogen and oxygen atoms in total. The second-order valence-electron chi connectivity index (χ2n) is 7.37. The van der Waals surface area contributed by atoms with Crippen molar-refractivity contribution >= 4 is 40.1 Å². The number of carbonyl (C=O) groups is 3. The number of nitrogens with zero attached hydrogens (tertiary/aromatic N) is 2. The number of amides is 1. The highest BCUT2D eigenvalue weighted by Crippen LogP contribution is 2.19. The summed E-state index contributed by atoms with van der Waals surface area (Å²) in [7, 11) is 1.05. The molecule has 0 aliphatic carbocycles. The Labute approximate surface area is 186 Å². The molecule has 33 heavy (non-hydrogen) atoms. The SMILES string of the molecule is COC(=O)[C@H](Cc1nc2cc(C)c(C)cc2[nH]c1=O)C(=O)C(=O)Nc1cccc([N+](=O)[O-])c1. The molecule has 11 heteroatoms. The van der Waals surface area contributed by atoms with Gasteiger partial charge in [0.15, 0.2) is 0 Å². The normalized spacial score (nSPS) is 11.6. The lowest BCUT2D eigenvalue weighted by atomic mass is 9.97. The van der Waals surface area contributed by atoms with E-state index in [1.165, 1.54) is 18.2 Å². The van der Waals surface area contributed by atoms with Gasteiger partial charge in [0.1, 0.15) is 11.6 Å². The largest absolute Gasteiger partial charge is 0.468 e. The van der Waals surface area contributed by atoms with Crippen molar-refractivity contribution in [3.05, 3.63) is 73.7 Å². The molecule has 1 heterocycles. The number of Topliss-reactive ketones (excluding diaryl/α,β-unsaturated/α-hetero) is 1. The Morgan fingerprint density at radius 3 is 2.55 bits per heavy atom. The van der Waals surface area contributed by atoms with Gasteiger partial charge in [-0.2, -0.15) is 0 Å². The molecule has 0 fully saturated rings. The van der Waals surface area contributed by atoms with Crippen LogP contribution >= 0.6 is 0 Å². The van der Waals surface area contributed by atoms with Gasteiger partial charge in [0, 0.05) is 24.2 Å². The molecule has 0 radical (unpaired) electrons. The summed E-state index contributed by atoms with van der Waals surface area (Å²) >= 11 is 0. The van der Waals surface area contributed by atoms with E-state index < -0.39 is 40.5 Å². The number of rotatable bonds is 7. The maximum absolute atomic E-state index is 12.8. The zero-order valence-corrected chi connectivity index (χ0v) is 18.0. The smallest absolute Gasteiger partial charge is 0.317 e. The van der Waals surface area contributed by atoms with Gasteiger partial charge in [0.05, 0.1) is 23.1 Å². The fourth-order valence-electron chi connectivity index (χ4n) is 3.19. The van der Waals surface area contributed by atoms with E-state index in [9.17, 15) is 29.3 Å². The Hall–Kier alpha value is -4.41. The van der Waals surface area contributed by atoms with E-state index in [0.717, 1.165) is 24.3 Å². The first-order chi connectivity index (χ1) is 15.6. The molecule has 2 N–H and O–H groups in total. The van der Waals surface area contributed by atoms with Crippen LogP contribution in [0, 0.1) is 29.9 Å². The van der Waals surface area contributed by atoms with Crippen LogP contribution in [-0.2, 0) is 25.5 Å². The topological polar surface area (TPSA) is 161 Å². The van der Waals surface area contributed by atoms with Crippen LogP contribution in [-0.4, -0.2) is 39.7 Å². The number of fused-ring (bicyclic) bond motifs is 1. The predicted molar refractivity (Wildman–Crippen MR) is 118 cm³/mol. The van der Waals surface area contributed by atoms with Crippen LogP contribution in [0.5, 0.6) is 0 Å². The number of aryl methyl sites for hydroxylation is 2. The number of ketones is 1. The zero-order valence-electron chi connectivity index (χ0n) is 18.0. The molecule has 0 aliphatic rings. The molecule has 0 bridgehead atoms. The monoisotopic (exact) mass is 452 g/mol. The van der Waals surface area contributed by atoms with Gasteiger partial charge in [-0.15, -0.1) is 0 Å². The van der Waals surface area contributed by atoms with Crippen LogP contribution in [0.25, 0.3) is 11.0 Å². The van der Waals surface area contributed by atoms with Crippen molar-refractivity contribution in [2.45, 2.75) is 20.3 Å². The van der Waals surface area contributed by atoms with Crippen LogP contribution in [0.3, 0.4) is 0 Å². The fourth-order valence-corrected chi connectivity index (χ4v) is 3.19. The van der Waals surface area contributed by atoms with E-state index in [0.29, 0.717) is 11.0 Å². The standard InChI is InChI=1S/C22H20N4O7/c1-11-7-16-17(8-12(11)2)25-20(28)18(24-16)10-15(22(30)33-3)19(27)21(29)23-13-5-4-6-14(9-13)26(31)32/h4-9,15H,10H2,1-3H3,(H,23,29)(H,25,28)/t15-/m1/s1. The summed E-state index contributed by atoms with van der Waals surface area (Å²) < 4.78 is 4.65. The first kappa shape index (κ1) is 23.3. The molecule has 0 saturated carbocycles. The van der Waals surface area contributed by atoms with E-state index in [-0.39, 0.29) is 17.1 Å². The summed E-state index contributed by atoms with van der Waals surface area (Å²) in [5.74, 6) is -5.01. The van der Waals surface area contributed by atoms with Crippen LogP contribution in [0.1, 0.15) is 16.8 Å². The number of carbonyl (C=O) groups excluding carboxylic acids is 3. The van der Waals surface area contributed by atoms with Crippen LogP contribution in [0.2, 0.25) is 0 Å². The van der Waals surface area contributed by atoms with Crippen LogP contribution < -0.4 is 10.9 Å². The summed E-state index contributed by atoms with van der Waals surface area (Å²) in [5, 5.41) is 13.1. The van der Waals surface area contributed by atoms with Gasteiger partial charge in [0.2, 0.25) is 5.78 Å². The van der Waals surface area contributed by atoms with Gasteiger partial charge in [-0.05, 0) is 43.2 Å². The molecule has 1 atom stereocenters. The molecule has 0 saturated heterocycles. The number of aromatic nitrogens is 2. The Balaban J connectivity index is 1.89. The van der Waals surface area contributed by atoms with Crippen molar-refractivity contribution in [2.24, 2.45) is 5.92 Å². The van der Waals surface area contributed by atoms with Crippen molar-refractivity contribution in [1.29, 1.82) is 0 Å². The van der Waals surface area contributed by atoms with Crippen molar-refractivity contribution in [3.63, 3.8) is 0 Å². The highest BCUT2D eigenvalue weighted by Gasteiger charge is 2.34. The van der Waals surface area contributed by atoms with E-state index in [1.807, 2.05) is 13.8 Å². The van der Waals surface area contributed by atoms with Crippen molar-refractivity contribution in [3.8, 4) is 0 Å². The molecule has 0 spiro atoms. The average Bonchev–Trinajstić information content (AvgIpc) is 2.78. The van der Waals surface area contributed by atoms with Crippen LogP contribution in [0.4, 0.5) is 11.4 Å². The summed E-state index contributed by atoms with van der Waals surface area (Å²) in [6.45, 7) is 3.76. The van der Waals surface area contributed by atoms with Crippen molar-refractivity contribution < 1.29 is 24.0 Å². The minimum absolute atomic E-state index is 0.00121. The summed E-state index contributed by atoms with van der Waals surface area (Å²) in [4.78, 5) is 67.2. The summed E-state index contributed by atoms with van der Waals surface area (Å²) in [6.07, 6.45) is -0.466. The number of ether oxygens (including phenoxy) is 1. The number of aromatic amines is 1. The summed E-state index contributed by atoms with van der Waals surface area (Å²) in [5.41, 5.74) is 1.84. The number of nitrogens with one attached hydrogen (secondary N) is 2. The predicted octanol–water partition coefficient (Wildman–Crippen LogP) is 1.99. The lowest BCUT2D eigenvalue weighted by molar-refractivity contribution is -0.384. The lowest BCUT2D eigenvalue weighted by Gasteiger charge is -2.13. The third-order valence-electron chi connectivity index (χ3n) is 5.12. The number of H-pyrrole nitrogens is 1. The first-order valence-electron chi connectivity index (χ1n) is 9.78. The quantitative estimate of drug-likeness (QED) is 0.181. The highest BCUT2D eigenvalue weighted by atomic mass is 16.6. The number of benzene rings is 2. The number of hydrogen-bond donors (Lipinski definition) is 2. The maximum atomic E-state index is 12.8. The third-order valence-corrected chi connectivity index (χ3v) is 5.12. The number of methoxy groups -OCH3 is 1. The van der Waals surface area contributed by atoms with Gasteiger partial charge >= 0.3 is 5.97 Å². The minimum Gasteiger partial charge on any atom is -0.468 e. The average molecular weight is 452 g/mol. The molecule has 3 rings (SSSR count).